The number of likely N-dealkylation sites (tertiary alicyclic amines) is 1. The molecule has 0 saturated carbocycles. The number of hydrogen-bond donors (Lipinski definition) is 2. The van der Waals surface area contributed by atoms with Crippen LogP contribution in [0.2, 0.25) is 5.02 Å². The third-order valence-electron chi connectivity index (χ3n) is 3.06. The second-order valence-corrected chi connectivity index (χ2v) is 6.63. The van der Waals surface area contributed by atoms with E-state index >= 15 is 0 Å². The Kier molecular flexibility index (Phi) is 7.56. The summed E-state index contributed by atoms with van der Waals surface area (Å²) in [5.41, 5.74) is 0. The number of thioether (sulfide) groups is 1. The fraction of sp³-hybridized carbons (Fsp3) is 0.429. The molecular formula is C14H18ClNO4S. The first-order chi connectivity index (χ1) is 9.88. The third kappa shape index (κ3) is 7.36. The van der Waals surface area contributed by atoms with E-state index in [9.17, 15) is 0 Å². The van der Waals surface area contributed by atoms with Crippen molar-refractivity contribution in [2.75, 3.05) is 20.1 Å². The quantitative estimate of drug-likeness (QED) is 0.741. The van der Waals surface area contributed by atoms with E-state index < -0.39 is 11.9 Å². The van der Waals surface area contributed by atoms with E-state index in [1.165, 1.54) is 30.8 Å². The fourth-order valence-corrected chi connectivity index (χ4v) is 3.40. The van der Waals surface area contributed by atoms with Crippen LogP contribution in [0, 0.1) is 0 Å². The van der Waals surface area contributed by atoms with Crippen LogP contribution in [0.1, 0.15) is 12.8 Å². The number of piperidine rings is 1. The molecule has 0 aromatic heterocycles. The van der Waals surface area contributed by atoms with Gasteiger partial charge < -0.3 is 19.9 Å². The lowest BCUT2D eigenvalue weighted by Gasteiger charge is -2.25. The predicted molar refractivity (Wildman–Crippen MR) is 79.6 cm³/mol. The summed E-state index contributed by atoms with van der Waals surface area (Å²) in [6.07, 6.45) is 2.64. The summed E-state index contributed by atoms with van der Waals surface area (Å²) < 4.78 is 0. The highest BCUT2D eigenvalue weighted by molar-refractivity contribution is 8.00. The number of carbonyl (C=O) groups excluding carboxylic acids is 1. The zero-order valence-electron chi connectivity index (χ0n) is 11.7. The summed E-state index contributed by atoms with van der Waals surface area (Å²) in [5, 5.41) is 17.9. The van der Waals surface area contributed by atoms with Crippen molar-refractivity contribution in [3.63, 3.8) is 0 Å². The van der Waals surface area contributed by atoms with Crippen molar-refractivity contribution in [1.82, 2.24) is 0 Å². The third-order valence-corrected chi connectivity index (χ3v) is 4.63. The van der Waals surface area contributed by atoms with E-state index in [0.29, 0.717) is 0 Å². The average molecular weight is 332 g/mol. The molecule has 116 valence electrons. The summed E-state index contributed by atoms with van der Waals surface area (Å²) in [7, 11) is 2.28. The average Bonchev–Trinajstić information content (AvgIpc) is 2.42. The summed E-state index contributed by atoms with van der Waals surface area (Å²) >= 11 is 7.95. The van der Waals surface area contributed by atoms with Crippen molar-refractivity contribution in [3.05, 3.63) is 29.3 Å². The number of aliphatic carboxylic acids is 2. The number of benzene rings is 1. The minimum Gasteiger partial charge on any atom is -0.539 e. The molecule has 0 radical (unpaired) electrons. The molecular weight excluding hydrogens is 314 g/mol. The van der Waals surface area contributed by atoms with Crippen LogP contribution in [0.3, 0.4) is 0 Å². The lowest BCUT2D eigenvalue weighted by Crippen LogP contribution is -3.10. The van der Waals surface area contributed by atoms with Crippen molar-refractivity contribution in [3.8, 4) is 0 Å². The van der Waals surface area contributed by atoms with Crippen molar-refractivity contribution in [2.45, 2.75) is 23.0 Å². The van der Waals surface area contributed by atoms with Gasteiger partial charge in [0.2, 0.25) is 0 Å². The molecule has 0 amide bonds. The zero-order valence-corrected chi connectivity index (χ0v) is 13.2. The Labute approximate surface area is 132 Å². The maximum Gasteiger partial charge on any atom is 0.351 e. The minimum absolute atomic E-state index is 0.784. The number of halogens is 1. The Morgan fingerprint density at radius 2 is 1.95 bits per heavy atom. The molecule has 1 aromatic rings. The predicted octanol–water partition coefficient (Wildman–Crippen LogP) is -0.0699. The van der Waals surface area contributed by atoms with Crippen LogP contribution in [-0.2, 0) is 9.59 Å². The number of carboxylic acid groups (broad SMARTS) is 2. The van der Waals surface area contributed by atoms with Gasteiger partial charge >= 0.3 is 5.97 Å². The topological polar surface area (TPSA) is 81.9 Å². The molecule has 2 N–H and O–H groups in total. The smallest absolute Gasteiger partial charge is 0.351 e. The van der Waals surface area contributed by atoms with Gasteiger partial charge in [0.15, 0.2) is 5.97 Å². The summed E-state index contributed by atoms with van der Waals surface area (Å²) in [6.45, 7) is 2.61. The van der Waals surface area contributed by atoms with E-state index in [1.54, 1.807) is 4.90 Å². The van der Waals surface area contributed by atoms with Gasteiger partial charge in [0.05, 0.1) is 20.1 Å². The van der Waals surface area contributed by atoms with Gasteiger partial charge in [0, 0.05) is 28.0 Å². The maximum absolute atomic E-state index is 9.04. The maximum atomic E-state index is 9.04. The normalized spacial score (nSPS) is 21.0. The van der Waals surface area contributed by atoms with Crippen molar-refractivity contribution in [2.24, 2.45) is 0 Å². The van der Waals surface area contributed by atoms with E-state index in [1.807, 2.05) is 23.9 Å². The van der Waals surface area contributed by atoms with Crippen molar-refractivity contribution >= 4 is 35.3 Å². The molecule has 1 aliphatic heterocycles. The molecule has 1 aliphatic rings. The van der Waals surface area contributed by atoms with Crippen LogP contribution < -0.4 is 10.0 Å². The van der Waals surface area contributed by atoms with E-state index in [0.717, 1.165) is 10.3 Å². The van der Waals surface area contributed by atoms with Gasteiger partial charge in [0.25, 0.3) is 0 Å². The van der Waals surface area contributed by atoms with Crippen LogP contribution in [-0.4, -0.2) is 42.4 Å². The highest BCUT2D eigenvalue weighted by Crippen LogP contribution is 2.29. The number of hydrogen-bond acceptors (Lipinski definition) is 4. The number of rotatable bonds is 2. The molecule has 5 nitrogen and oxygen atoms in total. The Balaban J connectivity index is 0.000000315. The molecule has 0 aliphatic carbocycles. The van der Waals surface area contributed by atoms with Gasteiger partial charge in [-0.2, -0.15) is 0 Å². The summed E-state index contributed by atoms with van der Waals surface area (Å²) in [4.78, 5) is 21.0. The second kappa shape index (κ2) is 8.92. The van der Waals surface area contributed by atoms with Crippen LogP contribution in [0.15, 0.2) is 29.2 Å². The fourth-order valence-electron chi connectivity index (χ4n) is 1.93. The highest BCUT2D eigenvalue weighted by Gasteiger charge is 2.19. The molecule has 0 spiro atoms. The Morgan fingerprint density at radius 3 is 2.43 bits per heavy atom. The molecule has 1 saturated heterocycles. The zero-order chi connectivity index (χ0) is 15.8. The van der Waals surface area contributed by atoms with Gasteiger partial charge in [-0.3, -0.25) is 0 Å². The number of carbonyl (C=O) groups is 2. The largest absolute Gasteiger partial charge is 0.539 e. The Hall–Kier alpha value is -1.24. The lowest BCUT2D eigenvalue weighted by atomic mass is 10.1. The molecule has 1 heterocycles. The van der Waals surface area contributed by atoms with Gasteiger partial charge in [-0.05, 0) is 18.2 Å². The van der Waals surface area contributed by atoms with Crippen LogP contribution in [0.25, 0.3) is 0 Å². The van der Waals surface area contributed by atoms with Crippen molar-refractivity contribution in [1.29, 1.82) is 0 Å². The highest BCUT2D eigenvalue weighted by atomic mass is 35.5. The molecule has 0 bridgehead atoms. The van der Waals surface area contributed by atoms with Crippen LogP contribution in [0.5, 0.6) is 0 Å². The van der Waals surface area contributed by atoms with E-state index in [2.05, 4.69) is 19.2 Å². The molecule has 7 heteroatoms. The van der Waals surface area contributed by atoms with Gasteiger partial charge in [0.1, 0.15) is 0 Å². The number of carboxylic acids is 2. The molecule has 2 rings (SSSR count). The van der Waals surface area contributed by atoms with Gasteiger partial charge in [-0.15, -0.1) is 11.8 Å². The van der Waals surface area contributed by atoms with E-state index in [-0.39, 0.29) is 0 Å². The standard InChI is InChI=1S/C12H16ClNS.C2H2O4/c1-14-7-5-11(6-8-14)15-12-4-2-3-10(13)9-12;3-1(4)2(5)6/h2-4,9,11H,5-8H2,1H3;(H,3,4)(H,5,6). The molecule has 1 aromatic carbocycles. The number of nitrogens with one attached hydrogen (secondary N) is 1. The van der Waals surface area contributed by atoms with Crippen molar-refractivity contribution < 1.29 is 24.7 Å². The Morgan fingerprint density at radius 1 is 1.38 bits per heavy atom. The Bertz CT molecular complexity index is 478. The monoisotopic (exact) mass is 331 g/mol. The number of quaternary nitrogens is 1. The first-order valence-electron chi connectivity index (χ1n) is 6.56. The van der Waals surface area contributed by atoms with Crippen LogP contribution >= 0.6 is 23.4 Å². The lowest BCUT2D eigenvalue weighted by molar-refractivity contribution is -0.884. The SMILES string of the molecule is C[NH+]1CCC(Sc2cccc(Cl)c2)CC1.O=C([O-])C(=O)O. The molecule has 1 fully saturated rings. The van der Waals surface area contributed by atoms with Gasteiger partial charge in [-0.1, -0.05) is 17.7 Å². The molecule has 0 atom stereocenters. The first kappa shape index (κ1) is 17.8. The minimum atomic E-state index is -2.07. The second-order valence-electron chi connectivity index (χ2n) is 4.82. The first-order valence-corrected chi connectivity index (χ1v) is 7.82. The molecule has 0 unspecified atom stereocenters. The van der Waals surface area contributed by atoms with Gasteiger partial charge in [-0.25, -0.2) is 4.79 Å². The summed E-state index contributed by atoms with van der Waals surface area (Å²) in [5.74, 6) is -4.01. The summed E-state index contributed by atoms with van der Waals surface area (Å²) in [6, 6.07) is 8.19. The molecule has 21 heavy (non-hydrogen) atoms. The van der Waals surface area contributed by atoms with Crippen LogP contribution in [0.4, 0.5) is 0 Å². The van der Waals surface area contributed by atoms with E-state index in [4.69, 9.17) is 31.4 Å².